The van der Waals surface area contributed by atoms with Gasteiger partial charge in [0.2, 0.25) is 0 Å². The summed E-state index contributed by atoms with van der Waals surface area (Å²) in [5, 5.41) is 8.30. The van der Waals surface area contributed by atoms with Crippen LogP contribution in [0.25, 0.3) is 0 Å². The van der Waals surface area contributed by atoms with Gasteiger partial charge < -0.3 is 10.1 Å². The summed E-state index contributed by atoms with van der Waals surface area (Å²) in [4.78, 5) is 19.1. The van der Waals surface area contributed by atoms with Crippen LogP contribution in [0.1, 0.15) is 22.4 Å². The van der Waals surface area contributed by atoms with Crippen molar-refractivity contribution in [3.63, 3.8) is 0 Å². The fourth-order valence-corrected chi connectivity index (χ4v) is 4.12. The van der Waals surface area contributed by atoms with Gasteiger partial charge in [-0.15, -0.1) is 11.3 Å². The molecule has 0 unspecified atom stereocenters. The number of ether oxygens (including phenoxy) is 1. The minimum Gasteiger partial charge on any atom is -0.497 e. The topological polar surface area (TPSA) is 66.5 Å². The van der Waals surface area contributed by atoms with Crippen LogP contribution in [0, 0.1) is 0 Å². The molecule has 2 aromatic carbocycles. The van der Waals surface area contributed by atoms with Crippen LogP contribution in [0.3, 0.4) is 0 Å². The number of carbonyl (C=O) groups excluding carboxylic acids is 1. The van der Waals surface area contributed by atoms with Crippen molar-refractivity contribution >= 4 is 22.5 Å². The van der Waals surface area contributed by atoms with Crippen LogP contribution in [0.2, 0.25) is 0 Å². The Morgan fingerprint density at radius 3 is 2.76 bits per heavy atom. The van der Waals surface area contributed by atoms with Gasteiger partial charge in [0.15, 0.2) is 5.13 Å². The number of fused-ring (bicyclic) bond motifs is 1. The van der Waals surface area contributed by atoms with E-state index in [9.17, 15) is 4.79 Å². The molecule has 0 saturated carbocycles. The molecule has 2 N–H and O–H groups in total. The van der Waals surface area contributed by atoms with Gasteiger partial charge in [0, 0.05) is 31.6 Å². The van der Waals surface area contributed by atoms with Gasteiger partial charge >= 0.3 is 6.03 Å². The first kappa shape index (κ1) is 19.4. The van der Waals surface area contributed by atoms with Gasteiger partial charge in [-0.3, -0.25) is 10.2 Å². The predicted octanol–water partition coefficient (Wildman–Crippen LogP) is 4.03. The van der Waals surface area contributed by atoms with E-state index < -0.39 is 0 Å². The lowest BCUT2D eigenvalue weighted by Gasteiger charge is -2.27. The van der Waals surface area contributed by atoms with Crippen molar-refractivity contribution in [2.75, 3.05) is 19.0 Å². The summed E-state index contributed by atoms with van der Waals surface area (Å²) >= 11 is 1.45. The first-order chi connectivity index (χ1) is 14.2. The summed E-state index contributed by atoms with van der Waals surface area (Å²) in [5.74, 6) is 0.797. The molecule has 0 bridgehead atoms. The van der Waals surface area contributed by atoms with E-state index in [-0.39, 0.29) is 6.03 Å². The number of carbonyl (C=O) groups is 1. The Balaban J connectivity index is 1.26. The maximum atomic E-state index is 12.2. The van der Waals surface area contributed by atoms with Crippen molar-refractivity contribution in [3.05, 3.63) is 76.3 Å². The number of benzene rings is 2. The van der Waals surface area contributed by atoms with Crippen LogP contribution in [0.5, 0.6) is 5.75 Å². The molecule has 1 aliphatic rings. The lowest BCUT2D eigenvalue weighted by Crippen LogP contribution is -2.30. The number of urea groups is 1. The quantitative estimate of drug-likeness (QED) is 0.646. The normalized spacial score (nSPS) is 13.6. The molecule has 0 aliphatic carbocycles. The van der Waals surface area contributed by atoms with Crippen molar-refractivity contribution in [3.8, 4) is 5.75 Å². The molecule has 0 saturated heterocycles. The minimum absolute atomic E-state index is 0.256. The van der Waals surface area contributed by atoms with Crippen LogP contribution in [0.15, 0.2) is 53.9 Å². The predicted molar refractivity (Wildman–Crippen MR) is 115 cm³/mol. The average molecular weight is 409 g/mol. The van der Waals surface area contributed by atoms with Crippen molar-refractivity contribution in [1.82, 2.24) is 15.2 Å². The van der Waals surface area contributed by atoms with E-state index in [1.165, 1.54) is 22.5 Å². The Morgan fingerprint density at radius 2 is 1.97 bits per heavy atom. The van der Waals surface area contributed by atoms with Crippen LogP contribution in [-0.4, -0.2) is 29.6 Å². The van der Waals surface area contributed by atoms with Crippen molar-refractivity contribution < 1.29 is 9.53 Å². The maximum Gasteiger partial charge on any atom is 0.321 e. The van der Waals surface area contributed by atoms with E-state index in [0.717, 1.165) is 43.1 Å². The highest BCUT2D eigenvalue weighted by Crippen LogP contribution is 2.22. The third kappa shape index (κ3) is 5.13. The molecule has 0 atom stereocenters. The lowest BCUT2D eigenvalue weighted by molar-refractivity contribution is 0.243. The highest BCUT2D eigenvalue weighted by Gasteiger charge is 2.17. The summed E-state index contributed by atoms with van der Waals surface area (Å²) in [5.41, 5.74) is 4.83. The number of nitrogens with one attached hydrogen (secondary N) is 2. The summed E-state index contributed by atoms with van der Waals surface area (Å²) in [7, 11) is 1.63. The Labute approximate surface area is 174 Å². The van der Waals surface area contributed by atoms with E-state index in [0.29, 0.717) is 11.7 Å². The Bertz CT molecular complexity index is 971. The molecule has 2 amide bonds. The third-order valence-corrected chi connectivity index (χ3v) is 5.79. The standard InChI is InChI=1S/C22H24N4O2S/c1-28-20-8-6-16(7-9-20)12-23-21(27)25-22-24-19(15-29-22)14-26-11-10-17-4-2-3-5-18(17)13-26/h2-9,15H,10-14H2,1H3,(H2,23,24,25,27). The number of nitrogens with zero attached hydrogens (tertiary/aromatic N) is 2. The fraction of sp³-hybridized carbons (Fsp3) is 0.273. The number of thiazole rings is 1. The molecule has 2 heterocycles. The first-order valence-corrected chi connectivity index (χ1v) is 10.5. The third-order valence-electron chi connectivity index (χ3n) is 4.98. The van der Waals surface area contributed by atoms with Crippen LogP contribution in [0.4, 0.5) is 9.93 Å². The SMILES string of the molecule is COc1ccc(CNC(=O)Nc2nc(CN3CCc4ccccc4C3)cs2)cc1. The molecule has 0 radical (unpaired) electrons. The summed E-state index contributed by atoms with van der Waals surface area (Å²) in [6.45, 7) is 3.21. The van der Waals surface area contributed by atoms with Crippen molar-refractivity contribution in [2.24, 2.45) is 0 Å². The largest absolute Gasteiger partial charge is 0.497 e. The summed E-state index contributed by atoms with van der Waals surface area (Å²) in [6, 6.07) is 16.0. The molecule has 0 fully saturated rings. The summed E-state index contributed by atoms with van der Waals surface area (Å²) in [6.07, 6.45) is 1.07. The van der Waals surface area contributed by atoms with Gasteiger partial charge in [-0.25, -0.2) is 9.78 Å². The maximum absolute atomic E-state index is 12.2. The molecule has 3 aromatic rings. The van der Waals surface area contributed by atoms with Gasteiger partial charge in [0.05, 0.1) is 12.8 Å². The molecule has 7 heteroatoms. The average Bonchev–Trinajstić information content (AvgIpc) is 3.19. The number of hydrogen-bond donors (Lipinski definition) is 2. The Hall–Kier alpha value is -2.90. The molecule has 1 aliphatic heterocycles. The molecule has 1 aromatic heterocycles. The van der Waals surface area contributed by atoms with E-state index in [4.69, 9.17) is 4.74 Å². The highest BCUT2D eigenvalue weighted by molar-refractivity contribution is 7.13. The second-order valence-electron chi connectivity index (χ2n) is 7.03. The Morgan fingerprint density at radius 1 is 1.17 bits per heavy atom. The fourth-order valence-electron chi connectivity index (χ4n) is 3.42. The zero-order chi connectivity index (χ0) is 20.1. The van der Waals surface area contributed by atoms with Crippen LogP contribution in [-0.2, 0) is 26.1 Å². The van der Waals surface area contributed by atoms with E-state index in [1.54, 1.807) is 7.11 Å². The van der Waals surface area contributed by atoms with Crippen molar-refractivity contribution in [1.29, 1.82) is 0 Å². The smallest absolute Gasteiger partial charge is 0.321 e. The van der Waals surface area contributed by atoms with Gasteiger partial charge in [0.25, 0.3) is 0 Å². The zero-order valence-corrected chi connectivity index (χ0v) is 17.2. The number of anilines is 1. The van der Waals surface area contributed by atoms with Gasteiger partial charge in [-0.2, -0.15) is 0 Å². The second kappa shape index (κ2) is 9.07. The first-order valence-electron chi connectivity index (χ1n) is 9.61. The van der Waals surface area contributed by atoms with Crippen molar-refractivity contribution in [2.45, 2.75) is 26.1 Å². The van der Waals surface area contributed by atoms with E-state index in [1.807, 2.05) is 29.6 Å². The Kier molecular flexibility index (Phi) is 6.07. The molecule has 0 spiro atoms. The van der Waals surface area contributed by atoms with Gasteiger partial charge in [0.1, 0.15) is 5.75 Å². The van der Waals surface area contributed by atoms with E-state index in [2.05, 4.69) is 44.8 Å². The molecular formula is C22H24N4O2S. The molecular weight excluding hydrogens is 384 g/mol. The number of rotatable bonds is 6. The zero-order valence-electron chi connectivity index (χ0n) is 16.4. The van der Waals surface area contributed by atoms with Crippen LogP contribution >= 0.6 is 11.3 Å². The number of methoxy groups -OCH3 is 1. The van der Waals surface area contributed by atoms with E-state index >= 15 is 0 Å². The van der Waals surface area contributed by atoms with Crippen LogP contribution < -0.4 is 15.4 Å². The summed E-state index contributed by atoms with van der Waals surface area (Å²) < 4.78 is 5.14. The lowest BCUT2D eigenvalue weighted by atomic mass is 10.00. The molecule has 29 heavy (non-hydrogen) atoms. The monoisotopic (exact) mass is 408 g/mol. The molecule has 6 nitrogen and oxygen atoms in total. The number of hydrogen-bond acceptors (Lipinski definition) is 5. The number of amides is 2. The van der Waals surface area contributed by atoms with Gasteiger partial charge in [-0.1, -0.05) is 36.4 Å². The molecule has 4 rings (SSSR count). The molecule has 150 valence electrons. The van der Waals surface area contributed by atoms with Gasteiger partial charge in [-0.05, 0) is 35.2 Å². The minimum atomic E-state index is -0.256. The second-order valence-corrected chi connectivity index (χ2v) is 7.89. The highest BCUT2D eigenvalue weighted by atomic mass is 32.1. The number of aromatic nitrogens is 1.